The molecule has 9 nitrogen and oxygen atoms in total. The molecule has 0 radical (unpaired) electrons. The summed E-state index contributed by atoms with van der Waals surface area (Å²) in [6.45, 7) is 2.94. The van der Waals surface area contributed by atoms with Crippen LogP contribution in [-0.4, -0.2) is 73.6 Å². The zero-order valence-corrected chi connectivity index (χ0v) is 21.3. The highest BCUT2D eigenvalue weighted by atomic mass is 32.2. The Hall–Kier alpha value is -3.37. The summed E-state index contributed by atoms with van der Waals surface area (Å²) >= 11 is 0. The van der Waals surface area contributed by atoms with Crippen molar-refractivity contribution in [2.45, 2.75) is 12.8 Å². The molecule has 0 aliphatic carbocycles. The number of likely N-dealkylation sites (tertiary alicyclic amines) is 1. The SMILES string of the molecule is COc1cc2c(Nc3ccc4[nH]ccc4c3)ncnc2cc1OCC1CCN(CCS(C)(=O)=O)CC1. The van der Waals surface area contributed by atoms with Gasteiger partial charge in [0.25, 0.3) is 0 Å². The molecule has 0 saturated carbocycles. The number of rotatable bonds is 9. The summed E-state index contributed by atoms with van der Waals surface area (Å²) in [6.07, 6.45) is 6.70. The summed E-state index contributed by atoms with van der Waals surface area (Å²) in [7, 11) is -1.30. The van der Waals surface area contributed by atoms with Crippen molar-refractivity contribution < 1.29 is 17.9 Å². The lowest BCUT2D eigenvalue weighted by Gasteiger charge is -2.31. The van der Waals surface area contributed by atoms with Gasteiger partial charge in [0.05, 0.1) is 25.0 Å². The number of hydrogen-bond acceptors (Lipinski definition) is 8. The van der Waals surface area contributed by atoms with Gasteiger partial charge in [-0.15, -0.1) is 0 Å². The molecule has 0 unspecified atom stereocenters. The summed E-state index contributed by atoms with van der Waals surface area (Å²) in [5, 5.41) is 5.36. The third-order valence-electron chi connectivity index (χ3n) is 6.70. The normalized spacial score (nSPS) is 15.4. The van der Waals surface area contributed by atoms with Gasteiger partial charge in [0.1, 0.15) is 22.0 Å². The zero-order chi connectivity index (χ0) is 25.1. The van der Waals surface area contributed by atoms with Crippen LogP contribution in [0.15, 0.2) is 48.9 Å². The molecule has 4 aromatic rings. The Morgan fingerprint density at radius 2 is 1.94 bits per heavy atom. The van der Waals surface area contributed by atoms with Gasteiger partial charge >= 0.3 is 0 Å². The molecule has 36 heavy (non-hydrogen) atoms. The minimum absolute atomic E-state index is 0.210. The number of hydrogen-bond donors (Lipinski definition) is 2. The number of fused-ring (bicyclic) bond motifs is 2. The lowest BCUT2D eigenvalue weighted by molar-refractivity contribution is 0.144. The lowest BCUT2D eigenvalue weighted by Crippen LogP contribution is -2.38. The predicted octanol–water partition coefficient (Wildman–Crippen LogP) is 4.00. The van der Waals surface area contributed by atoms with Crippen molar-refractivity contribution in [1.82, 2.24) is 19.9 Å². The predicted molar refractivity (Wildman–Crippen MR) is 142 cm³/mol. The molecule has 2 aromatic heterocycles. The van der Waals surface area contributed by atoms with Gasteiger partial charge in [-0.2, -0.15) is 0 Å². The van der Waals surface area contributed by atoms with Crippen molar-refractivity contribution in [2.75, 3.05) is 50.7 Å². The number of methoxy groups -OCH3 is 1. The van der Waals surface area contributed by atoms with Gasteiger partial charge in [-0.3, -0.25) is 0 Å². The van der Waals surface area contributed by atoms with Crippen molar-refractivity contribution in [3.05, 3.63) is 48.9 Å². The average Bonchev–Trinajstić information content (AvgIpc) is 3.34. The topological polar surface area (TPSA) is 109 Å². The quantitative estimate of drug-likeness (QED) is 0.349. The van der Waals surface area contributed by atoms with Crippen LogP contribution in [0.2, 0.25) is 0 Å². The molecule has 0 spiro atoms. The summed E-state index contributed by atoms with van der Waals surface area (Å²) in [4.78, 5) is 14.3. The van der Waals surface area contributed by atoms with Gasteiger partial charge in [0, 0.05) is 47.0 Å². The minimum Gasteiger partial charge on any atom is -0.493 e. The molecule has 2 N–H and O–H groups in total. The fraction of sp³-hybridized carbons (Fsp3) is 0.385. The highest BCUT2D eigenvalue weighted by Gasteiger charge is 2.21. The van der Waals surface area contributed by atoms with Crippen LogP contribution in [0.4, 0.5) is 11.5 Å². The average molecular weight is 510 g/mol. The first-order chi connectivity index (χ1) is 17.4. The number of piperidine rings is 1. The monoisotopic (exact) mass is 509 g/mol. The fourth-order valence-corrected chi connectivity index (χ4v) is 5.17. The molecule has 1 fully saturated rings. The number of anilines is 2. The Bertz CT molecular complexity index is 1460. The highest BCUT2D eigenvalue weighted by Crippen LogP contribution is 2.35. The van der Waals surface area contributed by atoms with E-state index in [-0.39, 0.29) is 5.75 Å². The van der Waals surface area contributed by atoms with Crippen molar-refractivity contribution in [3.8, 4) is 11.5 Å². The second kappa shape index (κ2) is 10.3. The molecule has 5 rings (SSSR count). The number of benzene rings is 2. The maximum absolute atomic E-state index is 11.4. The number of H-pyrrole nitrogens is 1. The number of sulfone groups is 1. The Balaban J connectivity index is 1.26. The van der Waals surface area contributed by atoms with Gasteiger partial charge < -0.3 is 24.7 Å². The summed E-state index contributed by atoms with van der Waals surface area (Å²) < 4.78 is 34.7. The Morgan fingerprint density at radius 1 is 1.11 bits per heavy atom. The molecule has 3 heterocycles. The first-order valence-electron chi connectivity index (χ1n) is 12.1. The van der Waals surface area contributed by atoms with Gasteiger partial charge in [0.2, 0.25) is 0 Å². The van der Waals surface area contributed by atoms with E-state index in [1.807, 2.05) is 36.5 Å². The van der Waals surface area contributed by atoms with E-state index in [1.54, 1.807) is 13.4 Å². The van der Waals surface area contributed by atoms with Crippen LogP contribution in [-0.2, 0) is 9.84 Å². The van der Waals surface area contributed by atoms with Gasteiger partial charge in [0.15, 0.2) is 11.5 Å². The molecular weight excluding hydrogens is 478 g/mol. The molecule has 10 heteroatoms. The number of nitrogens with zero attached hydrogens (tertiary/aromatic N) is 3. The fourth-order valence-electron chi connectivity index (χ4n) is 4.58. The van der Waals surface area contributed by atoms with Gasteiger partial charge in [-0.1, -0.05) is 0 Å². The smallest absolute Gasteiger partial charge is 0.163 e. The van der Waals surface area contributed by atoms with Crippen molar-refractivity contribution in [2.24, 2.45) is 5.92 Å². The lowest BCUT2D eigenvalue weighted by atomic mass is 9.98. The number of aromatic nitrogens is 3. The molecular formula is C26H31N5O4S. The van der Waals surface area contributed by atoms with Crippen LogP contribution in [0.5, 0.6) is 11.5 Å². The molecule has 190 valence electrons. The number of aromatic amines is 1. The van der Waals surface area contributed by atoms with E-state index in [0.717, 1.165) is 53.4 Å². The maximum atomic E-state index is 11.4. The molecule has 0 bridgehead atoms. The first kappa shape index (κ1) is 24.3. The molecule has 2 aromatic carbocycles. The van der Waals surface area contributed by atoms with Crippen molar-refractivity contribution in [3.63, 3.8) is 0 Å². The van der Waals surface area contributed by atoms with Gasteiger partial charge in [-0.05, 0) is 62.2 Å². The molecule has 0 amide bonds. The molecule has 1 saturated heterocycles. The van der Waals surface area contributed by atoms with E-state index in [4.69, 9.17) is 9.47 Å². The maximum Gasteiger partial charge on any atom is 0.163 e. The molecule has 1 aliphatic rings. The Morgan fingerprint density at radius 3 is 2.72 bits per heavy atom. The third kappa shape index (κ3) is 5.71. The summed E-state index contributed by atoms with van der Waals surface area (Å²) in [5.41, 5.74) is 2.78. The van der Waals surface area contributed by atoms with Crippen LogP contribution in [0.3, 0.4) is 0 Å². The second-order valence-corrected chi connectivity index (χ2v) is 11.6. The van der Waals surface area contributed by atoms with Crippen LogP contribution in [0.25, 0.3) is 21.8 Å². The van der Waals surface area contributed by atoms with E-state index in [9.17, 15) is 8.42 Å². The summed E-state index contributed by atoms with van der Waals surface area (Å²) in [6, 6.07) is 12.0. The molecule has 0 atom stereocenters. The summed E-state index contributed by atoms with van der Waals surface area (Å²) in [5.74, 6) is 2.60. The third-order valence-corrected chi connectivity index (χ3v) is 7.62. The van der Waals surface area contributed by atoms with E-state index < -0.39 is 9.84 Å². The minimum atomic E-state index is -2.93. The highest BCUT2D eigenvalue weighted by molar-refractivity contribution is 7.90. The van der Waals surface area contributed by atoms with E-state index in [0.29, 0.717) is 36.4 Å². The standard InChI is InChI=1S/C26H31N5O4S/c1-34-24-14-21-23(28-17-29-26(21)30-20-3-4-22-19(13-20)5-8-27-22)15-25(24)35-16-18-6-9-31(10-7-18)11-12-36(2,32)33/h3-5,8,13-15,17-18,27H,6-7,9-12,16H2,1-2H3,(H,28,29,30). The zero-order valence-electron chi connectivity index (χ0n) is 20.5. The van der Waals surface area contributed by atoms with E-state index >= 15 is 0 Å². The van der Waals surface area contributed by atoms with E-state index in [2.05, 4.69) is 31.2 Å². The van der Waals surface area contributed by atoms with Gasteiger partial charge in [-0.25, -0.2) is 18.4 Å². The van der Waals surface area contributed by atoms with Crippen molar-refractivity contribution >= 4 is 43.1 Å². The molecule has 1 aliphatic heterocycles. The van der Waals surface area contributed by atoms with Crippen LogP contribution < -0.4 is 14.8 Å². The Labute approximate surface area is 210 Å². The van der Waals surface area contributed by atoms with Crippen LogP contribution in [0.1, 0.15) is 12.8 Å². The van der Waals surface area contributed by atoms with E-state index in [1.165, 1.54) is 6.26 Å². The largest absolute Gasteiger partial charge is 0.493 e. The van der Waals surface area contributed by atoms with Crippen LogP contribution in [0, 0.1) is 5.92 Å². The number of ether oxygens (including phenoxy) is 2. The second-order valence-electron chi connectivity index (χ2n) is 9.37. The number of nitrogens with one attached hydrogen (secondary N) is 2. The first-order valence-corrected chi connectivity index (χ1v) is 14.1. The van der Waals surface area contributed by atoms with Crippen LogP contribution >= 0.6 is 0 Å². The van der Waals surface area contributed by atoms with Crippen molar-refractivity contribution in [1.29, 1.82) is 0 Å². The Kier molecular flexibility index (Phi) is 6.97.